The van der Waals surface area contributed by atoms with E-state index in [1.54, 1.807) is 6.08 Å². The highest BCUT2D eigenvalue weighted by molar-refractivity contribution is 9.10. The van der Waals surface area contributed by atoms with Crippen LogP contribution in [0.15, 0.2) is 70.5 Å². The molecule has 27 heavy (non-hydrogen) atoms. The minimum absolute atomic E-state index is 0.167. The van der Waals surface area contributed by atoms with Crippen molar-refractivity contribution in [1.82, 2.24) is 14.6 Å². The Labute approximate surface area is 167 Å². The summed E-state index contributed by atoms with van der Waals surface area (Å²) in [6.45, 7) is 4.08. The van der Waals surface area contributed by atoms with Gasteiger partial charge >= 0.3 is 0 Å². The lowest BCUT2D eigenvalue weighted by Crippen LogP contribution is -2.23. The molecule has 0 saturated carbocycles. The summed E-state index contributed by atoms with van der Waals surface area (Å²) in [4.78, 5) is 17.7. The third-order valence-electron chi connectivity index (χ3n) is 3.81. The van der Waals surface area contributed by atoms with Gasteiger partial charge in [0.1, 0.15) is 12.4 Å². The molecule has 0 aliphatic rings. The number of thiazole rings is 1. The minimum atomic E-state index is -0.167. The predicted molar refractivity (Wildman–Crippen MR) is 111 cm³/mol. The number of aromatic nitrogens is 3. The Morgan fingerprint density at radius 2 is 2.04 bits per heavy atom. The number of nitrogens with zero attached hydrogens (tertiary/aromatic N) is 3. The summed E-state index contributed by atoms with van der Waals surface area (Å²) in [5, 5.41) is 4.37. The zero-order valence-corrected chi connectivity index (χ0v) is 16.5. The SMILES string of the molecule is C=CCOc1ccc(-c2nc3s/c(=C\c4cccc(Br)c4)c(=O)n3n2)cc1. The first-order chi connectivity index (χ1) is 13.1. The normalized spacial score (nSPS) is 11.8. The van der Waals surface area contributed by atoms with Gasteiger partial charge in [-0.15, -0.1) is 5.10 Å². The minimum Gasteiger partial charge on any atom is -0.490 e. The fourth-order valence-electron chi connectivity index (χ4n) is 2.56. The van der Waals surface area contributed by atoms with Gasteiger partial charge < -0.3 is 4.74 Å². The van der Waals surface area contributed by atoms with E-state index in [2.05, 4.69) is 32.6 Å². The molecule has 4 aromatic rings. The van der Waals surface area contributed by atoms with Crippen LogP contribution in [0.4, 0.5) is 0 Å². The van der Waals surface area contributed by atoms with E-state index in [0.717, 1.165) is 21.3 Å². The Morgan fingerprint density at radius 3 is 2.74 bits per heavy atom. The first-order valence-electron chi connectivity index (χ1n) is 8.15. The fraction of sp³-hybridized carbons (Fsp3) is 0.0500. The number of rotatable bonds is 5. The van der Waals surface area contributed by atoms with Crippen molar-refractivity contribution in [3.8, 4) is 17.1 Å². The van der Waals surface area contributed by atoms with Gasteiger partial charge in [0.2, 0.25) is 4.96 Å². The number of hydrogen-bond acceptors (Lipinski definition) is 5. The molecule has 2 aromatic heterocycles. The second-order valence-corrected chi connectivity index (χ2v) is 7.65. The maximum Gasteiger partial charge on any atom is 0.291 e. The third kappa shape index (κ3) is 3.70. The summed E-state index contributed by atoms with van der Waals surface area (Å²) in [7, 11) is 0. The van der Waals surface area contributed by atoms with Gasteiger partial charge in [-0.25, -0.2) is 0 Å². The largest absolute Gasteiger partial charge is 0.490 e. The Morgan fingerprint density at radius 1 is 1.22 bits per heavy atom. The van der Waals surface area contributed by atoms with Crippen molar-refractivity contribution < 1.29 is 4.74 Å². The summed E-state index contributed by atoms with van der Waals surface area (Å²) in [6, 6.07) is 15.2. The monoisotopic (exact) mass is 439 g/mol. The summed E-state index contributed by atoms with van der Waals surface area (Å²) in [6.07, 6.45) is 3.54. The summed E-state index contributed by atoms with van der Waals surface area (Å²) >= 11 is 4.76. The Kier molecular flexibility index (Phi) is 4.87. The molecule has 0 bridgehead atoms. The van der Waals surface area contributed by atoms with Crippen LogP contribution in [0.25, 0.3) is 22.4 Å². The predicted octanol–water partition coefficient (Wildman–Crippen LogP) is 3.69. The number of ether oxygens (including phenoxy) is 1. The number of halogens is 1. The first kappa shape index (κ1) is 17.6. The Balaban J connectivity index is 1.68. The maximum atomic E-state index is 12.6. The van der Waals surface area contributed by atoms with Crippen molar-refractivity contribution in [2.24, 2.45) is 0 Å². The molecule has 2 heterocycles. The molecule has 0 atom stereocenters. The molecule has 0 spiro atoms. The highest BCUT2D eigenvalue weighted by Crippen LogP contribution is 2.20. The lowest BCUT2D eigenvalue weighted by Gasteiger charge is -2.02. The second-order valence-electron chi connectivity index (χ2n) is 5.72. The standard InChI is InChI=1S/C20H14BrN3O2S/c1-2-10-26-16-8-6-14(7-9-16)18-22-20-24(23-18)19(25)17(27-20)12-13-4-3-5-15(21)11-13/h2-9,11-12H,1,10H2/b17-12-. The topological polar surface area (TPSA) is 56.5 Å². The molecule has 5 nitrogen and oxygen atoms in total. The third-order valence-corrected chi connectivity index (χ3v) is 5.26. The van der Waals surface area contributed by atoms with E-state index in [1.807, 2.05) is 54.6 Å². The Bertz CT molecular complexity index is 1230. The molecule has 4 rings (SSSR count). The van der Waals surface area contributed by atoms with Crippen LogP contribution in [0.3, 0.4) is 0 Å². The van der Waals surface area contributed by atoms with Crippen molar-refractivity contribution in [3.63, 3.8) is 0 Å². The van der Waals surface area contributed by atoms with E-state index in [4.69, 9.17) is 4.74 Å². The molecule has 0 N–H and O–H groups in total. The van der Waals surface area contributed by atoms with Gasteiger partial charge in [0, 0.05) is 10.0 Å². The smallest absolute Gasteiger partial charge is 0.291 e. The molecular formula is C20H14BrN3O2S. The van der Waals surface area contributed by atoms with Crippen molar-refractivity contribution in [2.75, 3.05) is 6.61 Å². The maximum absolute atomic E-state index is 12.6. The van der Waals surface area contributed by atoms with E-state index < -0.39 is 0 Å². The molecule has 0 unspecified atom stereocenters. The Hall–Kier alpha value is -2.77. The van der Waals surface area contributed by atoms with Crippen LogP contribution in [0.5, 0.6) is 5.75 Å². The fourth-order valence-corrected chi connectivity index (χ4v) is 3.88. The molecule has 0 fully saturated rings. The highest BCUT2D eigenvalue weighted by Gasteiger charge is 2.12. The lowest BCUT2D eigenvalue weighted by molar-refractivity contribution is 0.363. The summed E-state index contributed by atoms with van der Waals surface area (Å²) in [5.74, 6) is 1.26. The van der Waals surface area contributed by atoms with Crippen LogP contribution in [0.1, 0.15) is 5.56 Å². The van der Waals surface area contributed by atoms with Gasteiger partial charge in [-0.3, -0.25) is 4.79 Å². The van der Waals surface area contributed by atoms with Gasteiger partial charge in [-0.05, 0) is 48.0 Å². The van der Waals surface area contributed by atoms with Crippen LogP contribution in [0, 0.1) is 0 Å². The average molecular weight is 440 g/mol. The molecular weight excluding hydrogens is 426 g/mol. The van der Waals surface area contributed by atoms with Crippen molar-refractivity contribution in [2.45, 2.75) is 0 Å². The van der Waals surface area contributed by atoms with Crippen molar-refractivity contribution in [3.05, 3.63) is 86.1 Å². The average Bonchev–Trinajstić information content (AvgIpc) is 3.20. The van der Waals surface area contributed by atoms with Gasteiger partial charge in [-0.1, -0.05) is 52.1 Å². The first-order valence-corrected chi connectivity index (χ1v) is 9.76. The molecule has 0 amide bonds. The van der Waals surface area contributed by atoms with Crippen LogP contribution in [-0.2, 0) is 0 Å². The zero-order valence-electron chi connectivity index (χ0n) is 14.1. The van der Waals surface area contributed by atoms with E-state index in [0.29, 0.717) is 21.9 Å². The van der Waals surface area contributed by atoms with Crippen LogP contribution >= 0.6 is 27.3 Å². The molecule has 7 heteroatoms. The van der Waals surface area contributed by atoms with Crippen LogP contribution < -0.4 is 14.8 Å². The quantitative estimate of drug-likeness (QED) is 0.445. The van der Waals surface area contributed by atoms with Crippen molar-refractivity contribution in [1.29, 1.82) is 0 Å². The van der Waals surface area contributed by atoms with Gasteiger partial charge in [0.15, 0.2) is 5.82 Å². The summed E-state index contributed by atoms with van der Waals surface area (Å²) in [5.41, 5.74) is 1.61. The number of benzene rings is 2. The molecule has 2 aromatic carbocycles. The molecule has 0 aliphatic carbocycles. The second kappa shape index (κ2) is 7.46. The van der Waals surface area contributed by atoms with Crippen LogP contribution in [0.2, 0.25) is 0 Å². The van der Waals surface area contributed by atoms with Crippen LogP contribution in [-0.4, -0.2) is 21.2 Å². The number of fused-ring (bicyclic) bond motifs is 1. The van der Waals surface area contributed by atoms with Gasteiger partial charge in [0.25, 0.3) is 5.56 Å². The van der Waals surface area contributed by atoms with Gasteiger partial charge in [0.05, 0.1) is 4.53 Å². The van der Waals surface area contributed by atoms with Gasteiger partial charge in [-0.2, -0.15) is 9.50 Å². The van der Waals surface area contributed by atoms with E-state index >= 15 is 0 Å². The molecule has 0 aliphatic heterocycles. The van der Waals surface area contributed by atoms with Crippen molar-refractivity contribution >= 4 is 38.3 Å². The van der Waals surface area contributed by atoms with E-state index in [1.165, 1.54) is 15.9 Å². The molecule has 0 saturated heterocycles. The number of hydrogen-bond donors (Lipinski definition) is 0. The zero-order chi connectivity index (χ0) is 18.8. The van der Waals surface area contributed by atoms with E-state index in [-0.39, 0.29) is 5.56 Å². The summed E-state index contributed by atoms with van der Waals surface area (Å²) < 4.78 is 8.39. The molecule has 134 valence electrons. The highest BCUT2D eigenvalue weighted by atomic mass is 79.9. The van der Waals surface area contributed by atoms with E-state index in [9.17, 15) is 4.79 Å². The molecule has 0 radical (unpaired) electrons. The lowest BCUT2D eigenvalue weighted by atomic mass is 10.2.